The second kappa shape index (κ2) is 6.71. The fourth-order valence-corrected chi connectivity index (χ4v) is 4.15. The minimum absolute atomic E-state index is 0.121. The molecular weight excluding hydrogens is 256 g/mol. The molecule has 0 aromatic heterocycles. The van der Waals surface area contributed by atoms with E-state index >= 15 is 0 Å². The predicted octanol–water partition coefficient (Wildman–Crippen LogP) is 0.699. The highest BCUT2D eigenvalue weighted by atomic mass is 16.3. The normalized spacial score (nSPS) is 34.5. The Balaban J connectivity index is 3.16. The molecule has 0 bridgehead atoms. The van der Waals surface area contributed by atoms with Crippen LogP contribution in [0.3, 0.4) is 0 Å². The average molecular weight is 288 g/mol. The van der Waals surface area contributed by atoms with Crippen molar-refractivity contribution in [3.63, 3.8) is 0 Å². The summed E-state index contributed by atoms with van der Waals surface area (Å²) in [6, 6.07) is 0. The van der Waals surface area contributed by atoms with Crippen LogP contribution in [0.1, 0.15) is 59.3 Å². The lowest BCUT2D eigenvalue weighted by Crippen LogP contribution is -2.68. The summed E-state index contributed by atoms with van der Waals surface area (Å²) in [4.78, 5) is 0. The first-order chi connectivity index (χ1) is 9.10. The molecule has 1 aliphatic carbocycles. The molecule has 1 aliphatic rings. The number of hydrogen-bond acceptors (Lipinski definition) is 5. The lowest BCUT2D eigenvalue weighted by atomic mass is 9.54. The van der Waals surface area contributed by atoms with Gasteiger partial charge in [0.25, 0.3) is 0 Å². The Morgan fingerprint density at radius 3 is 1.90 bits per heavy atom. The molecule has 0 aromatic rings. The molecule has 4 unspecified atom stereocenters. The van der Waals surface area contributed by atoms with Crippen LogP contribution in [0.2, 0.25) is 0 Å². The molecule has 4 atom stereocenters. The lowest BCUT2D eigenvalue weighted by Gasteiger charge is -2.56. The van der Waals surface area contributed by atoms with E-state index in [2.05, 4.69) is 0 Å². The highest BCUT2D eigenvalue weighted by Gasteiger charge is 2.54. The van der Waals surface area contributed by atoms with E-state index in [9.17, 15) is 15.3 Å². The molecule has 0 spiro atoms. The molecule has 1 saturated carbocycles. The van der Waals surface area contributed by atoms with Gasteiger partial charge in [0.2, 0.25) is 0 Å². The average Bonchev–Trinajstić information content (AvgIpc) is 2.22. The smallest absolute Gasteiger partial charge is 0.0699 e. The first-order valence-electron chi connectivity index (χ1n) is 7.72. The van der Waals surface area contributed by atoms with Crippen LogP contribution < -0.4 is 11.5 Å². The highest BCUT2D eigenvalue weighted by molar-refractivity contribution is 5.06. The van der Waals surface area contributed by atoms with Gasteiger partial charge in [-0.2, -0.15) is 0 Å². The minimum atomic E-state index is -0.918. The van der Waals surface area contributed by atoms with Crippen LogP contribution in [0, 0.1) is 11.3 Å². The maximum absolute atomic E-state index is 9.91. The van der Waals surface area contributed by atoms with Gasteiger partial charge in [0.15, 0.2) is 0 Å². The summed E-state index contributed by atoms with van der Waals surface area (Å²) in [5.74, 6) is 0.121. The van der Waals surface area contributed by atoms with Crippen molar-refractivity contribution in [2.24, 2.45) is 22.8 Å². The Kier molecular flexibility index (Phi) is 5.99. The van der Waals surface area contributed by atoms with Crippen molar-refractivity contribution in [3.8, 4) is 0 Å². The van der Waals surface area contributed by atoms with Gasteiger partial charge in [-0.05, 0) is 65.2 Å². The third kappa shape index (κ3) is 3.92. The lowest BCUT2D eigenvalue weighted by molar-refractivity contribution is -0.0795. The molecule has 0 aromatic carbocycles. The van der Waals surface area contributed by atoms with Gasteiger partial charge < -0.3 is 26.8 Å². The maximum atomic E-state index is 9.91. The fourth-order valence-electron chi connectivity index (χ4n) is 4.15. The Bertz CT molecular complexity index is 293. The monoisotopic (exact) mass is 288 g/mol. The molecular formula is C15H32N2O3. The van der Waals surface area contributed by atoms with Gasteiger partial charge in [0.05, 0.1) is 24.0 Å². The van der Waals surface area contributed by atoms with Crippen LogP contribution in [0.15, 0.2) is 0 Å². The van der Waals surface area contributed by atoms with Crippen LogP contribution in [0.25, 0.3) is 0 Å². The second-order valence-electron chi connectivity index (χ2n) is 6.98. The summed E-state index contributed by atoms with van der Waals surface area (Å²) in [6.07, 6.45) is 2.57. The molecule has 0 radical (unpaired) electrons. The third-order valence-electron chi connectivity index (χ3n) is 4.80. The topological polar surface area (TPSA) is 113 Å². The molecule has 7 N–H and O–H groups in total. The van der Waals surface area contributed by atoms with E-state index in [4.69, 9.17) is 11.5 Å². The number of aliphatic hydroxyl groups is 3. The highest BCUT2D eigenvalue weighted by Crippen LogP contribution is 2.52. The quantitative estimate of drug-likeness (QED) is 0.462. The largest absolute Gasteiger partial charge is 0.393 e. The van der Waals surface area contributed by atoms with Crippen molar-refractivity contribution in [3.05, 3.63) is 0 Å². The fraction of sp³-hybridized carbons (Fsp3) is 1.00. The summed E-state index contributed by atoms with van der Waals surface area (Å²) < 4.78 is 0. The summed E-state index contributed by atoms with van der Waals surface area (Å²) in [6.45, 7) is 5.22. The second-order valence-corrected chi connectivity index (χ2v) is 6.98. The van der Waals surface area contributed by atoms with Crippen LogP contribution in [-0.4, -0.2) is 39.3 Å². The van der Waals surface area contributed by atoms with Gasteiger partial charge >= 0.3 is 0 Å². The van der Waals surface area contributed by atoms with Gasteiger partial charge in [-0.3, -0.25) is 0 Å². The molecule has 5 nitrogen and oxygen atoms in total. The number of rotatable bonds is 6. The number of nitrogens with two attached hydrogens (primary N) is 2. The van der Waals surface area contributed by atoms with E-state index in [0.717, 1.165) is 12.8 Å². The van der Waals surface area contributed by atoms with Crippen molar-refractivity contribution < 1.29 is 15.3 Å². The minimum Gasteiger partial charge on any atom is -0.393 e. The Morgan fingerprint density at radius 1 is 1.00 bits per heavy atom. The van der Waals surface area contributed by atoms with E-state index in [1.165, 1.54) is 0 Å². The van der Waals surface area contributed by atoms with Crippen molar-refractivity contribution in [1.82, 2.24) is 0 Å². The molecule has 0 saturated heterocycles. The van der Waals surface area contributed by atoms with Crippen molar-refractivity contribution in [2.45, 2.75) is 83.3 Å². The van der Waals surface area contributed by atoms with Gasteiger partial charge in [0, 0.05) is 5.41 Å². The standard InChI is InChI=1S/C15H32N2O3/c1-10(18)7-13-5-4-6-15(16,17)14(13,8-11(2)19)9-12(3)20/h10-13,18-20H,4-9,16-17H2,1-3H3. The van der Waals surface area contributed by atoms with Gasteiger partial charge in [-0.1, -0.05) is 0 Å². The molecule has 0 aliphatic heterocycles. The summed E-state index contributed by atoms with van der Waals surface area (Å²) in [5, 5.41) is 29.6. The van der Waals surface area contributed by atoms with E-state index in [-0.39, 0.29) is 5.92 Å². The maximum Gasteiger partial charge on any atom is 0.0699 e. The van der Waals surface area contributed by atoms with E-state index in [0.29, 0.717) is 25.7 Å². The van der Waals surface area contributed by atoms with Crippen molar-refractivity contribution in [1.29, 1.82) is 0 Å². The molecule has 0 amide bonds. The zero-order valence-corrected chi connectivity index (χ0v) is 13.0. The van der Waals surface area contributed by atoms with E-state index in [1.807, 2.05) is 0 Å². The van der Waals surface area contributed by atoms with Gasteiger partial charge in [-0.15, -0.1) is 0 Å². The predicted molar refractivity (Wildman–Crippen MR) is 79.8 cm³/mol. The Hall–Kier alpha value is -0.200. The summed E-state index contributed by atoms with van der Waals surface area (Å²) in [5.41, 5.74) is 11.3. The Labute approximate surface area is 122 Å². The first-order valence-corrected chi connectivity index (χ1v) is 7.72. The number of hydrogen-bond donors (Lipinski definition) is 5. The summed E-state index contributed by atoms with van der Waals surface area (Å²) >= 11 is 0. The summed E-state index contributed by atoms with van der Waals surface area (Å²) in [7, 11) is 0. The van der Waals surface area contributed by atoms with Crippen LogP contribution in [-0.2, 0) is 0 Å². The van der Waals surface area contributed by atoms with E-state index in [1.54, 1.807) is 20.8 Å². The van der Waals surface area contributed by atoms with E-state index < -0.39 is 29.4 Å². The van der Waals surface area contributed by atoms with Gasteiger partial charge in [-0.25, -0.2) is 0 Å². The van der Waals surface area contributed by atoms with Crippen LogP contribution in [0.4, 0.5) is 0 Å². The molecule has 120 valence electrons. The zero-order valence-electron chi connectivity index (χ0n) is 13.0. The molecule has 20 heavy (non-hydrogen) atoms. The van der Waals surface area contributed by atoms with Crippen LogP contribution >= 0.6 is 0 Å². The Morgan fingerprint density at radius 2 is 1.50 bits per heavy atom. The first kappa shape index (κ1) is 17.9. The molecule has 5 heteroatoms. The molecule has 0 heterocycles. The number of aliphatic hydroxyl groups excluding tert-OH is 3. The molecule has 1 rings (SSSR count). The van der Waals surface area contributed by atoms with Crippen LogP contribution in [0.5, 0.6) is 0 Å². The van der Waals surface area contributed by atoms with Gasteiger partial charge in [0.1, 0.15) is 0 Å². The van der Waals surface area contributed by atoms with Crippen molar-refractivity contribution >= 4 is 0 Å². The zero-order chi connectivity index (χ0) is 15.6. The van der Waals surface area contributed by atoms with Crippen molar-refractivity contribution in [2.75, 3.05) is 0 Å². The SMILES string of the molecule is CC(O)CC1CCCC(N)(N)C1(CC(C)O)CC(C)O. The molecule has 1 fully saturated rings. The third-order valence-corrected chi connectivity index (χ3v) is 4.80.